The van der Waals surface area contributed by atoms with Gasteiger partial charge in [-0.05, 0) is 18.2 Å². The van der Waals surface area contributed by atoms with Crippen LogP contribution in [0.15, 0.2) is 48.7 Å². The highest BCUT2D eigenvalue weighted by Crippen LogP contribution is 2.12. The molecule has 1 nitrogen and oxygen atoms in total. The molecule has 0 saturated carbocycles. The predicted octanol–water partition coefficient (Wildman–Crippen LogP) is 1.98. The molecule has 0 N–H and O–H groups in total. The molecule has 0 fully saturated rings. The maximum absolute atomic E-state index is 3.22. The van der Waals surface area contributed by atoms with Crippen LogP contribution in [0.1, 0.15) is 0 Å². The van der Waals surface area contributed by atoms with Crippen LogP contribution in [0.2, 0.25) is 0 Å². The second kappa shape index (κ2) is 3.40. The number of aryl methyl sites for hydroxylation is 1. The second-order valence-electron chi connectivity index (χ2n) is 2.98. The highest BCUT2D eigenvalue weighted by Gasteiger charge is 2.06. The Balaban J connectivity index is 2.54. The summed E-state index contributed by atoms with van der Waals surface area (Å²) < 4.78 is 2.06. The molecule has 0 atom stereocenters. The molecule has 0 spiro atoms. The molecular formula is C12H11N+. The first-order valence-corrected chi connectivity index (χ1v) is 4.30. The Kier molecular flexibility index (Phi) is 2.09. The first kappa shape index (κ1) is 7.99. The summed E-state index contributed by atoms with van der Waals surface area (Å²) in [6, 6.07) is 17.4. The van der Waals surface area contributed by atoms with Gasteiger partial charge in [0.15, 0.2) is 6.20 Å². The van der Waals surface area contributed by atoms with E-state index in [1.807, 2.05) is 43.6 Å². The number of aromatic nitrogens is 1. The molecule has 0 bridgehead atoms. The molecule has 0 aliphatic heterocycles. The fraction of sp³-hybridized carbons (Fsp3) is 0.0833. The number of nitrogens with zero attached hydrogens (tertiary/aromatic N) is 1. The third kappa shape index (κ3) is 1.59. The molecule has 1 radical (unpaired) electrons. The molecule has 13 heavy (non-hydrogen) atoms. The molecule has 63 valence electrons. The van der Waals surface area contributed by atoms with Crippen molar-refractivity contribution in [2.45, 2.75) is 0 Å². The molecule has 0 saturated heterocycles. The smallest absolute Gasteiger partial charge is 0.200 e. The molecule has 2 rings (SSSR count). The van der Waals surface area contributed by atoms with E-state index >= 15 is 0 Å². The van der Waals surface area contributed by atoms with Crippen molar-refractivity contribution in [1.29, 1.82) is 0 Å². The summed E-state index contributed by atoms with van der Waals surface area (Å²) in [6.45, 7) is 0. The third-order valence-corrected chi connectivity index (χ3v) is 2.03. The fourth-order valence-electron chi connectivity index (χ4n) is 1.36. The largest absolute Gasteiger partial charge is 0.220 e. The van der Waals surface area contributed by atoms with Crippen molar-refractivity contribution in [3.05, 3.63) is 54.7 Å². The van der Waals surface area contributed by atoms with Crippen LogP contribution in [0.5, 0.6) is 0 Å². The van der Waals surface area contributed by atoms with Crippen LogP contribution in [-0.2, 0) is 7.05 Å². The number of hydrogen-bond acceptors (Lipinski definition) is 0. The van der Waals surface area contributed by atoms with Gasteiger partial charge in [-0.25, -0.2) is 4.57 Å². The van der Waals surface area contributed by atoms with Gasteiger partial charge in [-0.15, -0.1) is 0 Å². The van der Waals surface area contributed by atoms with Gasteiger partial charge in [-0.3, -0.25) is 0 Å². The van der Waals surface area contributed by atoms with Gasteiger partial charge >= 0.3 is 0 Å². The molecule has 0 aliphatic rings. The van der Waals surface area contributed by atoms with Crippen LogP contribution in [0.4, 0.5) is 0 Å². The number of hydrogen-bond donors (Lipinski definition) is 0. The maximum Gasteiger partial charge on any atom is 0.220 e. The fourth-order valence-corrected chi connectivity index (χ4v) is 1.36. The highest BCUT2D eigenvalue weighted by atomic mass is 14.9. The second-order valence-corrected chi connectivity index (χ2v) is 2.98. The standard InChI is InChI=1S/C12H11N/c1-13-10-6-5-9-12(13)11-7-3-2-4-8-11/h2-8,10H,1H3/q+1. The van der Waals surface area contributed by atoms with Gasteiger partial charge in [-0.1, -0.05) is 18.2 Å². The minimum atomic E-state index is 1.11. The quantitative estimate of drug-likeness (QED) is 0.575. The zero-order chi connectivity index (χ0) is 9.10. The lowest BCUT2D eigenvalue weighted by Crippen LogP contribution is -2.29. The normalized spacial score (nSPS) is 9.92. The van der Waals surface area contributed by atoms with E-state index in [4.69, 9.17) is 0 Å². The summed E-state index contributed by atoms with van der Waals surface area (Å²) >= 11 is 0. The van der Waals surface area contributed by atoms with E-state index in [9.17, 15) is 0 Å². The van der Waals surface area contributed by atoms with E-state index in [-0.39, 0.29) is 0 Å². The molecule has 0 amide bonds. The average Bonchev–Trinajstić information content (AvgIpc) is 2.20. The zero-order valence-electron chi connectivity index (χ0n) is 7.57. The van der Waals surface area contributed by atoms with Crippen molar-refractivity contribution >= 4 is 0 Å². The summed E-state index contributed by atoms with van der Waals surface area (Å²) in [4.78, 5) is 0. The molecule has 1 heteroatoms. The summed E-state index contributed by atoms with van der Waals surface area (Å²) in [6.07, 6.45) is 2.03. The monoisotopic (exact) mass is 169 g/mol. The Morgan fingerprint density at radius 1 is 1.08 bits per heavy atom. The van der Waals surface area contributed by atoms with Crippen LogP contribution in [0, 0.1) is 6.07 Å². The van der Waals surface area contributed by atoms with E-state index in [2.05, 4.69) is 22.8 Å². The molecule has 0 aliphatic carbocycles. The van der Waals surface area contributed by atoms with Gasteiger partial charge in [0.05, 0.1) is 6.07 Å². The minimum Gasteiger partial charge on any atom is -0.200 e. The van der Waals surface area contributed by atoms with Crippen LogP contribution in [0.25, 0.3) is 11.3 Å². The van der Waals surface area contributed by atoms with Gasteiger partial charge in [0.2, 0.25) is 5.69 Å². The van der Waals surface area contributed by atoms with Crippen molar-refractivity contribution in [3.8, 4) is 11.3 Å². The lowest BCUT2D eigenvalue weighted by atomic mass is 10.1. The Morgan fingerprint density at radius 2 is 1.85 bits per heavy atom. The Hall–Kier alpha value is -1.63. The summed E-state index contributed by atoms with van der Waals surface area (Å²) in [7, 11) is 2.03. The van der Waals surface area contributed by atoms with Crippen molar-refractivity contribution in [3.63, 3.8) is 0 Å². The maximum atomic E-state index is 3.22. The third-order valence-electron chi connectivity index (χ3n) is 2.03. The first-order valence-electron chi connectivity index (χ1n) is 4.30. The Labute approximate surface area is 78.3 Å². The lowest BCUT2D eigenvalue weighted by Gasteiger charge is -1.97. The van der Waals surface area contributed by atoms with Crippen LogP contribution < -0.4 is 4.57 Å². The zero-order valence-corrected chi connectivity index (χ0v) is 7.57. The summed E-state index contributed by atoms with van der Waals surface area (Å²) in [5.41, 5.74) is 2.31. The minimum absolute atomic E-state index is 1.11. The number of benzene rings is 1. The van der Waals surface area contributed by atoms with Crippen LogP contribution >= 0.6 is 0 Å². The predicted molar refractivity (Wildman–Crippen MR) is 51.9 cm³/mol. The van der Waals surface area contributed by atoms with E-state index in [1.54, 1.807) is 0 Å². The van der Waals surface area contributed by atoms with Gasteiger partial charge < -0.3 is 0 Å². The summed E-state index contributed by atoms with van der Waals surface area (Å²) in [5, 5.41) is 0. The van der Waals surface area contributed by atoms with Crippen molar-refractivity contribution in [1.82, 2.24) is 0 Å². The molecule has 2 aromatic rings. The molecule has 0 unspecified atom stereocenters. The SMILES string of the molecule is C[n+]1ccc[c]c1-c1ccccc1. The lowest BCUT2D eigenvalue weighted by molar-refractivity contribution is -0.660. The number of pyridine rings is 1. The molecule has 1 aromatic heterocycles. The van der Waals surface area contributed by atoms with Gasteiger partial charge in [0.1, 0.15) is 7.05 Å². The van der Waals surface area contributed by atoms with Gasteiger partial charge in [0.25, 0.3) is 0 Å². The van der Waals surface area contributed by atoms with E-state index < -0.39 is 0 Å². The van der Waals surface area contributed by atoms with E-state index in [0.29, 0.717) is 0 Å². The molecular weight excluding hydrogens is 158 g/mol. The molecule has 1 heterocycles. The van der Waals surface area contributed by atoms with Gasteiger partial charge in [-0.2, -0.15) is 0 Å². The van der Waals surface area contributed by atoms with Crippen molar-refractivity contribution < 1.29 is 4.57 Å². The average molecular weight is 169 g/mol. The highest BCUT2D eigenvalue weighted by molar-refractivity contribution is 5.54. The van der Waals surface area contributed by atoms with Crippen LogP contribution in [-0.4, -0.2) is 0 Å². The Bertz CT molecular complexity index is 393. The molecule has 1 aromatic carbocycles. The Morgan fingerprint density at radius 3 is 2.54 bits per heavy atom. The number of rotatable bonds is 1. The topological polar surface area (TPSA) is 3.88 Å². The van der Waals surface area contributed by atoms with Crippen molar-refractivity contribution in [2.24, 2.45) is 7.05 Å². The summed E-state index contributed by atoms with van der Waals surface area (Å²) in [5.74, 6) is 0. The van der Waals surface area contributed by atoms with Crippen molar-refractivity contribution in [2.75, 3.05) is 0 Å². The van der Waals surface area contributed by atoms with E-state index in [1.165, 1.54) is 5.56 Å². The van der Waals surface area contributed by atoms with Gasteiger partial charge in [0, 0.05) is 11.6 Å². The first-order chi connectivity index (χ1) is 6.38. The van der Waals surface area contributed by atoms with Crippen LogP contribution in [0.3, 0.4) is 0 Å². The van der Waals surface area contributed by atoms with E-state index in [0.717, 1.165) is 5.69 Å².